The number of halogens is 3. The molecule has 1 heterocycles. The average molecular weight is 317 g/mol. The number of hydrogen-bond acceptors (Lipinski definition) is 3. The zero-order valence-electron chi connectivity index (χ0n) is 12.0. The lowest BCUT2D eigenvalue weighted by Crippen LogP contribution is -2.33. The highest BCUT2D eigenvalue weighted by molar-refractivity contribution is 5.67. The molecule has 1 fully saturated rings. The number of carboxylic acid groups (broad SMARTS) is 1. The molecular formula is C15H18F3NO3. The molecule has 2 rings (SSSR count). The van der Waals surface area contributed by atoms with Gasteiger partial charge in [-0.3, -0.25) is 9.69 Å². The zero-order chi connectivity index (χ0) is 16.2. The molecule has 1 aromatic carbocycles. The first-order chi connectivity index (χ1) is 10.3. The van der Waals surface area contributed by atoms with E-state index in [4.69, 9.17) is 5.11 Å². The van der Waals surface area contributed by atoms with Crippen LogP contribution in [0.3, 0.4) is 0 Å². The van der Waals surface area contributed by atoms with E-state index in [0.29, 0.717) is 6.54 Å². The Morgan fingerprint density at radius 1 is 1.32 bits per heavy atom. The van der Waals surface area contributed by atoms with Gasteiger partial charge in [-0.05, 0) is 49.5 Å². The minimum absolute atomic E-state index is 0.183. The fourth-order valence-corrected chi connectivity index (χ4v) is 2.69. The Bertz CT molecular complexity index is 511. The standard InChI is InChI=1S/C15H18F3NO3/c16-15(17,18)22-13-3-1-2-12(8-13)10-19-6-4-11(5-7-19)9-14(20)21/h1-3,8,11H,4-7,9-10H2,(H,20,21). The van der Waals surface area contributed by atoms with Crippen molar-refractivity contribution in [3.8, 4) is 5.75 Å². The Hall–Kier alpha value is -1.76. The number of aliphatic carboxylic acids is 1. The van der Waals surface area contributed by atoms with Crippen LogP contribution in [0, 0.1) is 5.92 Å². The van der Waals surface area contributed by atoms with Gasteiger partial charge in [-0.15, -0.1) is 13.2 Å². The van der Waals surface area contributed by atoms with Crippen molar-refractivity contribution < 1.29 is 27.8 Å². The molecule has 22 heavy (non-hydrogen) atoms. The van der Waals surface area contributed by atoms with Crippen molar-refractivity contribution in [3.63, 3.8) is 0 Å². The number of carboxylic acids is 1. The number of alkyl halides is 3. The van der Waals surface area contributed by atoms with E-state index in [2.05, 4.69) is 9.64 Å². The normalized spacial score (nSPS) is 17.4. The molecule has 0 saturated carbocycles. The van der Waals surface area contributed by atoms with Crippen LogP contribution >= 0.6 is 0 Å². The molecule has 1 saturated heterocycles. The summed E-state index contributed by atoms with van der Waals surface area (Å²) in [5.74, 6) is -0.810. The Morgan fingerprint density at radius 2 is 2.00 bits per heavy atom. The molecule has 0 bridgehead atoms. The minimum atomic E-state index is -4.69. The van der Waals surface area contributed by atoms with Gasteiger partial charge in [0.25, 0.3) is 0 Å². The third-order valence-electron chi connectivity index (χ3n) is 3.71. The molecule has 1 aliphatic rings. The first-order valence-corrected chi connectivity index (χ1v) is 7.10. The Balaban J connectivity index is 1.87. The Kier molecular flexibility index (Phi) is 5.28. The summed E-state index contributed by atoms with van der Waals surface area (Å²) in [6.07, 6.45) is -2.91. The van der Waals surface area contributed by atoms with Crippen LogP contribution in [-0.2, 0) is 11.3 Å². The van der Waals surface area contributed by atoms with Crippen molar-refractivity contribution in [1.82, 2.24) is 4.90 Å². The molecule has 4 nitrogen and oxygen atoms in total. The molecule has 0 unspecified atom stereocenters. The third-order valence-corrected chi connectivity index (χ3v) is 3.71. The molecule has 0 amide bonds. The van der Waals surface area contributed by atoms with Gasteiger partial charge >= 0.3 is 12.3 Å². The van der Waals surface area contributed by atoms with Crippen LogP contribution in [0.1, 0.15) is 24.8 Å². The van der Waals surface area contributed by atoms with Gasteiger partial charge in [0.2, 0.25) is 0 Å². The fourth-order valence-electron chi connectivity index (χ4n) is 2.69. The van der Waals surface area contributed by atoms with Crippen molar-refractivity contribution in [3.05, 3.63) is 29.8 Å². The Labute approximate surface area is 126 Å². The molecule has 7 heteroatoms. The monoisotopic (exact) mass is 317 g/mol. The van der Waals surface area contributed by atoms with Gasteiger partial charge < -0.3 is 9.84 Å². The van der Waals surface area contributed by atoms with E-state index in [-0.39, 0.29) is 18.1 Å². The van der Waals surface area contributed by atoms with Crippen LogP contribution in [0.2, 0.25) is 0 Å². The molecular weight excluding hydrogens is 299 g/mol. The van der Waals surface area contributed by atoms with Crippen molar-refractivity contribution in [1.29, 1.82) is 0 Å². The van der Waals surface area contributed by atoms with E-state index in [1.165, 1.54) is 18.2 Å². The summed E-state index contributed by atoms with van der Waals surface area (Å²) in [6.45, 7) is 2.04. The lowest BCUT2D eigenvalue weighted by Gasteiger charge is -2.31. The summed E-state index contributed by atoms with van der Waals surface area (Å²) < 4.78 is 40.5. The Morgan fingerprint density at radius 3 is 2.59 bits per heavy atom. The van der Waals surface area contributed by atoms with Crippen molar-refractivity contribution in [2.45, 2.75) is 32.2 Å². The van der Waals surface area contributed by atoms with Crippen LogP contribution in [0.25, 0.3) is 0 Å². The zero-order valence-corrected chi connectivity index (χ0v) is 12.0. The number of likely N-dealkylation sites (tertiary alicyclic amines) is 1. The highest BCUT2D eigenvalue weighted by atomic mass is 19.4. The van der Waals surface area contributed by atoms with Gasteiger partial charge in [-0.1, -0.05) is 12.1 Å². The van der Waals surface area contributed by atoms with Crippen molar-refractivity contribution in [2.75, 3.05) is 13.1 Å². The minimum Gasteiger partial charge on any atom is -0.481 e. The number of piperidine rings is 1. The van der Waals surface area contributed by atoms with Gasteiger partial charge in [0.05, 0.1) is 0 Å². The third kappa shape index (κ3) is 5.55. The molecule has 1 aromatic rings. The molecule has 0 radical (unpaired) electrons. The number of benzene rings is 1. The largest absolute Gasteiger partial charge is 0.573 e. The predicted octanol–water partition coefficient (Wildman–Crippen LogP) is 3.27. The van der Waals surface area contributed by atoms with Crippen LogP contribution in [0.15, 0.2) is 24.3 Å². The number of hydrogen-bond donors (Lipinski definition) is 1. The van der Waals surface area contributed by atoms with Gasteiger partial charge in [0.15, 0.2) is 0 Å². The van der Waals surface area contributed by atoms with Gasteiger partial charge in [0.1, 0.15) is 5.75 Å². The molecule has 0 spiro atoms. The van der Waals surface area contributed by atoms with E-state index >= 15 is 0 Å². The SMILES string of the molecule is O=C(O)CC1CCN(Cc2cccc(OC(F)(F)F)c2)CC1. The number of rotatable bonds is 5. The summed E-state index contributed by atoms with van der Waals surface area (Å²) in [6, 6.07) is 5.95. The molecule has 122 valence electrons. The second-order valence-corrected chi connectivity index (χ2v) is 5.51. The van der Waals surface area contributed by atoms with Crippen LogP contribution < -0.4 is 4.74 Å². The molecule has 0 aromatic heterocycles. The van der Waals surface area contributed by atoms with Gasteiger partial charge in [-0.25, -0.2) is 0 Å². The lowest BCUT2D eigenvalue weighted by atomic mass is 9.93. The number of carbonyl (C=O) groups is 1. The fraction of sp³-hybridized carbons (Fsp3) is 0.533. The summed E-state index contributed by atoms with van der Waals surface area (Å²) in [5, 5.41) is 8.77. The maximum Gasteiger partial charge on any atom is 0.573 e. The maximum absolute atomic E-state index is 12.2. The quantitative estimate of drug-likeness (QED) is 0.905. The smallest absolute Gasteiger partial charge is 0.481 e. The topological polar surface area (TPSA) is 49.8 Å². The molecule has 0 atom stereocenters. The molecule has 1 N–H and O–H groups in total. The molecule has 0 aliphatic carbocycles. The second-order valence-electron chi connectivity index (χ2n) is 5.51. The van der Waals surface area contributed by atoms with Gasteiger partial charge in [0, 0.05) is 13.0 Å². The van der Waals surface area contributed by atoms with E-state index in [1.807, 2.05) is 0 Å². The summed E-state index contributed by atoms with van der Waals surface area (Å²) in [5.41, 5.74) is 0.749. The molecule has 1 aliphatic heterocycles. The maximum atomic E-state index is 12.2. The van der Waals surface area contributed by atoms with Crippen LogP contribution in [0.4, 0.5) is 13.2 Å². The van der Waals surface area contributed by atoms with E-state index in [9.17, 15) is 18.0 Å². The predicted molar refractivity (Wildman–Crippen MR) is 73.4 cm³/mol. The first-order valence-electron chi connectivity index (χ1n) is 7.10. The van der Waals surface area contributed by atoms with Gasteiger partial charge in [-0.2, -0.15) is 0 Å². The van der Waals surface area contributed by atoms with Crippen LogP contribution in [0.5, 0.6) is 5.75 Å². The lowest BCUT2D eigenvalue weighted by molar-refractivity contribution is -0.274. The van der Waals surface area contributed by atoms with Crippen molar-refractivity contribution >= 4 is 5.97 Å². The average Bonchev–Trinajstić information content (AvgIpc) is 2.39. The number of ether oxygens (including phenoxy) is 1. The second kappa shape index (κ2) is 7.00. The highest BCUT2D eigenvalue weighted by Gasteiger charge is 2.31. The summed E-state index contributed by atoms with van der Waals surface area (Å²) in [7, 11) is 0. The van der Waals surface area contributed by atoms with E-state index in [0.717, 1.165) is 31.5 Å². The van der Waals surface area contributed by atoms with E-state index in [1.54, 1.807) is 6.07 Å². The first kappa shape index (κ1) is 16.6. The van der Waals surface area contributed by atoms with Crippen molar-refractivity contribution in [2.24, 2.45) is 5.92 Å². The number of nitrogens with zero attached hydrogens (tertiary/aromatic N) is 1. The summed E-state index contributed by atoms with van der Waals surface area (Å²) >= 11 is 0. The van der Waals surface area contributed by atoms with E-state index < -0.39 is 12.3 Å². The summed E-state index contributed by atoms with van der Waals surface area (Å²) in [4.78, 5) is 12.8. The highest BCUT2D eigenvalue weighted by Crippen LogP contribution is 2.25. The van der Waals surface area contributed by atoms with Crippen LogP contribution in [-0.4, -0.2) is 35.4 Å².